The van der Waals surface area contributed by atoms with E-state index in [2.05, 4.69) is 11.9 Å². The molecule has 2 amide bonds. The van der Waals surface area contributed by atoms with E-state index in [1.807, 2.05) is 41.0 Å². The fraction of sp³-hybridized carbons (Fsp3) is 0.462. The third-order valence-corrected chi connectivity index (χ3v) is 6.72. The van der Waals surface area contributed by atoms with Crippen molar-refractivity contribution in [2.24, 2.45) is 5.92 Å². The number of halogens is 1. The molecule has 0 radical (unpaired) electrons. The number of piperazine rings is 1. The number of benzene rings is 2. The van der Waals surface area contributed by atoms with Gasteiger partial charge in [-0.25, -0.2) is 4.39 Å². The van der Waals surface area contributed by atoms with Crippen LogP contribution in [-0.4, -0.2) is 78.9 Å². The number of carbonyl (C=O) groups is 2. The highest BCUT2D eigenvalue weighted by Gasteiger charge is 2.36. The Labute approximate surface area is 194 Å². The molecule has 2 aliphatic heterocycles. The zero-order chi connectivity index (χ0) is 23.4. The Bertz CT molecular complexity index is 973. The first-order chi connectivity index (χ1) is 15.9. The molecule has 0 bridgehead atoms. The van der Waals surface area contributed by atoms with Crippen molar-refractivity contribution in [1.82, 2.24) is 14.7 Å². The van der Waals surface area contributed by atoms with Gasteiger partial charge >= 0.3 is 0 Å². The van der Waals surface area contributed by atoms with Crippen LogP contribution in [0.5, 0.6) is 5.75 Å². The summed E-state index contributed by atoms with van der Waals surface area (Å²) in [6, 6.07) is 13.5. The maximum atomic E-state index is 13.3. The van der Waals surface area contributed by atoms with Gasteiger partial charge in [-0.1, -0.05) is 18.2 Å². The molecule has 0 saturated carbocycles. The number of hydrogen-bond acceptors (Lipinski definition) is 4. The number of amides is 2. The fourth-order valence-corrected chi connectivity index (χ4v) is 4.63. The van der Waals surface area contributed by atoms with Crippen molar-refractivity contribution in [3.8, 4) is 5.75 Å². The largest absolute Gasteiger partial charge is 0.490 e. The number of piperidine rings is 1. The lowest BCUT2D eigenvalue weighted by atomic mass is 9.90. The van der Waals surface area contributed by atoms with E-state index in [9.17, 15) is 14.0 Å². The summed E-state index contributed by atoms with van der Waals surface area (Å²) < 4.78 is 19.5. The van der Waals surface area contributed by atoms with Gasteiger partial charge in [0, 0.05) is 63.6 Å². The molecule has 176 valence electrons. The van der Waals surface area contributed by atoms with Gasteiger partial charge in [0.1, 0.15) is 17.7 Å². The molecule has 2 heterocycles. The average Bonchev–Trinajstić information content (AvgIpc) is 2.82. The van der Waals surface area contributed by atoms with Gasteiger partial charge in [-0.3, -0.25) is 9.59 Å². The molecule has 7 heteroatoms. The molecule has 0 N–H and O–H groups in total. The molecule has 2 saturated heterocycles. The molecule has 4 rings (SSSR count). The number of carbonyl (C=O) groups excluding carboxylic acids is 2. The van der Waals surface area contributed by atoms with Gasteiger partial charge in [0.25, 0.3) is 5.91 Å². The lowest BCUT2D eigenvalue weighted by Gasteiger charge is -2.40. The predicted molar refractivity (Wildman–Crippen MR) is 125 cm³/mol. The van der Waals surface area contributed by atoms with E-state index < -0.39 is 0 Å². The summed E-state index contributed by atoms with van der Waals surface area (Å²) in [5, 5.41) is 0. The van der Waals surface area contributed by atoms with Crippen LogP contribution < -0.4 is 4.74 Å². The number of ether oxygens (including phenoxy) is 1. The molecule has 0 spiro atoms. The standard InChI is InChI=1S/C26H32FN3O3/c1-19-5-3-4-6-23(19)26(32)30-12-11-24(33-22-9-7-21(27)8-10-22)20(18-30)17-25(31)29-15-13-28(2)14-16-29/h3-10,20,24H,11-18H2,1-2H3/t20-,24-/m0/s1. The van der Waals surface area contributed by atoms with Crippen LogP contribution in [0.3, 0.4) is 0 Å². The quantitative estimate of drug-likeness (QED) is 0.698. The summed E-state index contributed by atoms with van der Waals surface area (Å²) in [4.78, 5) is 32.3. The number of hydrogen-bond donors (Lipinski definition) is 0. The summed E-state index contributed by atoms with van der Waals surface area (Å²) in [6.45, 7) is 6.12. The van der Waals surface area contributed by atoms with Crippen molar-refractivity contribution in [3.05, 3.63) is 65.5 Å². The highest BCUT2D eigenvalue weighted by Crippen LogP contribution is 2.28. The zero-order valence-electron chi connectivity index (χ0n) is 19.4. The van der Waals surface area contributed by atoms with Gasteiger partial charge in [0.2, 0.25) is 5.91 Å². The average molecular weight is 454 g/mol. The SMILES string of the molecule is Cc1ccccc1C(=O)N1CC[C@H](Oc2ccc(F)cc2)[C@@H](CC(=O)N2CCN(C)CC2)C1. The Morgan fingerprint density at radius 1 is 0.970 bits per heavy atom. The van der Waals surface area contributed by atoms with Gasteiger partial charge in [-0.15, -0.1) is 0 Å². The van der Waals surface area contributed by atoms with Crippen LogP contribution in [-0.2, 0) is 4.79 Å². The Morgan fingerprint density at radius 3 is 2.36 bits per heavy atom. The molecule has 2 atom stereocenters. The third kappa shape index (κ3) is 5.71. The second-order valence-electron chi connectivity index (χ2n) is 9.11. The Kier molecular flexibility index (Phi) is 7.28. The van der Waals surface area contributed by atoms with E-state index in [0.29, 0.717) is 37.2 Å². The fourth-order valence-electron chi connectivity index (χ4n) is 4.63. The van der Waals surface area contributed by atoms with Crippen molar-refractivity contribution in [1.29, 1.82) is 0 Å². The van der Waals surface area contributed by atoms with Crippen LogP contribution in [0.4, 0.5) is 4.39 Å². The summed E-state index contributed by atoms with van der Waals surface area (Å²) in [7, 11) is 2.06. The summed E-state index contributed by atoms with van der Waals surface area (Å²) in [6.07, 6.45) is 0.732. The summed E-state index contributed by atoms with van der Waals surface area (Å²) >= 11 is 0. The van der Waals surface area contributed by atoms with Crippen LogP contribution in [0.15, 0.2) is 48.5 Å². The van der Waals surface area contributed by atoms with E-state index in [1.165, 1.54) is 12.1 Å². The summed E-state index contributed by atoms with van der Waals surface area (Å²) in [5.74, 6) is 0.222. The zero-order valence-corrected chi connectivity index (χ0v) is 19.4. The van der Waals surface area contributed by atoms with Gasteiger partial charge < -0.3 is 19.4 Å². The van der Waals surface area contributed by atoms with Crippen molar-refractivity contribution >= 4 is 11.8 Å². The normalized spacial score (nSPS) is 21.7. The van der Waals surface area contributed by atoms with Gasteiger partial charge in [0.15, 0.2) is 0 Å². The Balaban J connectivity index is 1.49. The number of nitrogens with zero attached hydrogens (tertiary/aromatic N) is 3. The monoisotopic (exact) mass is 453 g/mol. The van der Waals surface area contributed by atoms with E-state index in [-0.39, 0.29) is 29.7 Å². The van der Waals surface area contributed by atoms with Crippen molar-refractivity contribution in [2.75, 3.05) is 46.3 Å². The predicted octanol–water partition coefficient (Wildman–Crippen LogP) is 3.21. The minimum absolute atomic E-state index is 0.00891. The molecule has 2 aliphatic rings. The highest BCUT2D eigenvalue weighted by atomic mass is 19.1. The molecule has 0 aromatic heterocycles. The Hall–Kier alpha value is -2.93. The van der Waals surface area contributed by atoms with Crippen LogP contribution >= 0.6 is 0 Å². The van der Waals surface area contributed by atoms with E-state index in [0.717, 1.165) is 31.7 Å². The van der Waals surface area contributed by atoms with Crippen LogP contribution in [0, 0.1) is 18.7 Å². The molecule has 2 aromatic carbocycles. The highest BCUT2D eigenvalue weighted by molar-refractivity contribution is 5.95. The molecule has 2 aromatic rings. The number of likely N-dealkylation sites (N-methyl/N-ethyl adjacent to an activating group) is 1. The number of likely N-dealkylation sites (tertiary alicyclic amines) is 1. The first kappa shape index (κ1) is 23.2. The smallest absolute Gasteiger partial charge is 0.254 e. The van der Waals surface area contributed by atoms with E-state index in [4.69, 9.17) is 4.74 Å². The van der Waals surface area contributed by atoms with Gasteiger partial charge in [-0.05, 0) is 49.9 Å². The second kappa shape index (κ2) is 10.3. The first-order valence-electron chi connectivity index (χ1n) is 11.6. The van der Waals surface area contributed by atoms with Crippen molar-refractivity contribution in [2.45, 2.75) is 25.9 Å². The summed E-state index contributed by atoms with van der Waals surface area (Å²) in [5.41, 5.74) is 1.64. The van der Waals surface area contributed by atoms with E-state index >= 15 is 0 Å². The van der Waals surface area contributed by atoms with E-state index in [1.54, 1.807) is 12.1 Å². The number of aryl methyl sites for hydroxylation is 1. The minimum atomic E-state index is -0.317. The number of rotatable bonds is 5. The van der Waals surface area contributed by atoms with Crippen LogP contribution in [0.25, 0.3) is 0 Å². The molecule has 33 heavy (non-hydrogen) atoms. The molecule has 0 aliphatic carbocycles. The Morgan fingerprint density at radius 2 is 1.67 bits per heavy atom. The molecule has 0 unspecified atom stereocenters. The van der Waals surface area contributed by atoms with Gasteiger partial charge in [-0.2, -0.15) is 0 Å². The minimum Gasteiger partial charge on any atom is -0.490 e. The third-order valence-electron chi connectivity index (χ3n) is 6.72. The topological polar surface area (TPSA) is 53.1 Å². The maximum Gasteiger partial charge on any atom is 0.254 e. The lowest BCUT2D eigenvalue weighted by Crippen LogP contribution is -2.51. The van der Waals surface area contributed by atoms with Gasteiger partial charge in [0.05, 0.1) is 0 Å². The molecular weight excluding hydrogens is 421 g/mol. The molecule has 2 fully saturated rings. The van der Waals surface area contributed by atoms with Crippen molar-refractivity contribution in [3.63, 3.8) is 0 Å². The molecule has 6 nitrogen and oxygen atoms in total. The first-order valence-corrected chi connectivity index (χ1v) is 11.6. The lowest BCUT2D eigenvalue weighted by molar-refractivity contribution is -0.135. The second-order valence-corrected chi connectivity index (χ2v) is 9.11. The maximum absolute atomic E-state index is 13.3. The molecular formula is C26H32FN3O3. The van der Waals surface area contributed by atoms with Crippen LogP contribution in [0.2, 0.25) is 0 Å². The van der Waals surface area contributed by atoms with Crippen LogP contribution in [0.1, 0.15) is 28.8 Å². The van der Waals surface area contributed by atoms with Crippen molar-refractivity contribution < 1.29 is 18.7 Å².